The summed E-state index contributed by atoms with van der Waals surface area (Å²) in [6, 6.07) is 8.07. The molecule has 0 saturated carbocycles. The Morgan fingerprint density at radius 2 is 1.33 bits per heavy atom. The van der Waals surface area contributed by atoms with Gasteiger partial charge in [0.2, 0.25) is 0 Å². The minimum atomic E-state index is -1.20. The third-order valence-electron chi connectivity index (χ3n) is 7.46. The number of unbranched alkanes of at least 4 members (excludes halogenated alkanes) is 12. The predicted molar refractivity (Wildman–Crippen MR) is 165 cm³/mol. The Bertz CT molecular complexity index is 1130. The second-order valence-electron chi connectivity index (χ2n) is 11.2. The Kier molecular flexibility index (Phi) is 16.5. The SMILES string of the molecule is CCCCCCCCCCC(=O)Oc1ccc(C(=O)O)c(-c2ccc(C(=O)O[C@H](C)CCCCCCCC)c(F)c2)c1. The van der Waals surface area contributed by atoms with Crippen molar-refractivity contribution in [2.45, 2.75) is 130 Å². The molecular weight excluding hydrogens is 535 g/mol. The number of carbonyl (C=O) groups excluding carboxylic acids is 2. The summed E-state index contributed by atoms with van der Waals surface area (Å²) in [4.78, 5) is 36.9. The second-order valence-corrected chi connectivity index (χ2v) is 11.2. The average molecular weight is 585 g/mol. The van der Waals surface area contributed by atoms with Gasteiger partial charge in [-0.2, -0.15) is 0 Å². The maximum Gasteiger partial charge on any atom is 0.341 e. The molecule has 1 atom stereocenters. The van der Waals surface area contributed by atoms with E-state index in [1.165, 1.54) is 81.7 Å². The van der Waals surface area contributed by atoms with Crippen molar-refractivity contribution >= 4 is 17.9 Å². The zero-order valence-electron chi connectivity index (χ0n) is 25.7. The number of carboxylic acids is 1. The van der Waals surface area contributed by atoms with Gasteiger partial charge >= 0.3 is 17.9 Å². The highest BCUT2D eigenvalue weighted by Gasteiger charge is 2.20. The summed E-state index contributed by atoms with van der Waals surface area (Å²) in [7, 11) is 0. The van der Waals surface area contributed by atoms with E-state index >= 15 is 4.39 Å². The van der Waals surface area contributed by atoms with E-state index in [9.17, 15) is 19.5 Å². The van der Waals surface area contributed by atoms with Crippen LogP contribution >= 0.6 is 0 Å². The van der Waals surface area contributed by atoms with Crippen molar-refractivity contribution < 1.29 is 33.4 Å². The lowest BCUT2D eigenvalue weighted by Gasteiger charge is -2.14. The van der Waals surface area contributed by atoms with Crippen molar-refractivity contribution in [3.8, 4) is 16.9 Å². The van der Waals surface area contributed by atoms with Gasteiger partial charge in [-0.15, -0.1) is 0 Å². The zero-order chi connectivity index (χ0) is 30.7. The van der Waals surface area contributed by atoms with E-state index in [0.29, 0.717) is 6.42 Å². The molecule has 0 aliphatic heterocycles. The lowest BCUT2D eigenvalue weighted by atomic mass is 9.98. The Morgan fingerprint density at radius 3 is 1.93 bits per heavy atom. The highest BCUT2D eigenvalue weighted by atomic mass is 19.1. The first-order valence-corrected chi connectivity index (χ1v) is 15.9. The number of carboxylic acid groups (broad SMARTS) is 1. The van der Waals surface area contributed by atoms with E-state index in [1.54, 1.807) is 6.92 Å². The minimum Gasteiger partial charge on any atom is -0.478 e. The van der Waals surface area contributed by atoms with E-state index in [2.05, 4.69) is 13.8 Å². The van der Waals surface area contributed by atoms with Crippen LogP contribution in [0.5, 0.6) is 5.75 Å². The molecule has 0 aliphatic rings. The van der Waals surface area contributed by atoms with E-state index in [0.717, 1.165) is 44.6 Å². The van der Waals surface area contributed by atoms with Crippen molar-refractivity contribution in [3.63, 3.8) is 0 Å². The van der Waals surface area contributed by atoms with Crippen molar-refractivity contribution in [2.75, 3.05) is 0 Å². The molecular formula is C35H49FO6. The topological polar surface area (TPSA) is 89.9 Å². The van der Waals surface area contributed by atoms with Gasteiger partial charge in [-0.3, -0.25) is 4.79 Å². The van der Waals surface area contributed by atoms with Gasteiger partial charge in [0, 0.05) is 6.42 Å². The fraction of sp³-hybridized carbons (Fsp3) is 0.571. The molecule has 6 nitrogen and oxygen atoms in total. The molecule has 7 heteroatoms. The molecule has 0 aliphatic carbocycles. The minimum absolute atomic E-state index is 0.0693. The Hall–Kier alpha value is -3.22. The van der Waals surface area contributed by atoms with Crippen molar-refractivity contribution in [1.29, 1.82) is 0 Å². The van der Waals surface area contributed by atoms with Gasteiger partial charge in [-0.1, -0.05) is 97.0 Å². The molecule has 2 aromatic rings. The van der Waals surface area contributed by atoms with Gasteiger partial charge in [0.1, 0.15) is 11.6 Å². The number of hydrogen-bond acceptors (Lipinski definition) is 5. The standard InChI is InChI=1S/C35H49FO6/c1-4-6-8-10-12-13-15-17-19-33(37)42-28-21-23-29(34(38)39)31(25-28)27-20-22-30(32(36)24-27)35(40)41-26(3)18-16-14-11-9-7-5-2/h20-26H,4-19H2,1-3H3,(H,38,39)/t26-/m1/s1. The Labute approximate surface area is 251 Å². The summed E-state index contributed by atoms with van der Waals surface area (Å²) in [6.07, 6.45) is 16.3. The molecule has 0 heterocycles. The van der Waals surface area contributed by atoms with Crippen LogP contribution in [-0.2, 0) is 9.53 Å². The molecule has 0 fully saturated rings. The largest absolute Gasteiger partial charge is 0.478 e. The van der Waals surface area contributed by atoms with E-state index in [4.69, 9.17) is 9.47 Å². The summed E-state index contributed by atoms with van der Waals surface area (Å²) in [5, 5.41) is 9.70. The monoisotopic (exact) mass is 584 g/mol. The smallest absolute Gasteiger partial charge is 0.341 e. The van der Waals surface area contributed by atoms with Crippen LogP contribution in [-0.4, -0.2) is 29.1 Å². The van der Waals surface area contributed by atoms with Crippen LogP contribution in [0.1, 0.15) is 144 Å². The number of ether oxygens (including phenoxy) is 2. The first-order chi connectivity index (χ1) is 20.3. The van der Waals surface area contributed by atoms with Crippen LogP contribution in [0.3, 0.4) is 0 Å². The summed E-state index contributed by atoms with van der Waals surface area (Å²) in [5.74, 6) is -2.96. The first-order valence-electron chi connectivity index (χ1n) is 15.9. The molecule has 42 heavy (non-hydrogen) atoms. The fourth-order valence-corrected chi connectivity index (χ4v) is 4.96. The molecule has 0 aromatic heterocycles. The number of benzene rings is 2. The lowest BCUT2D eigenvalue weighted by Crippen LogP contribution is -2.16. The highest BCUT2D eigenvalue weighted by molar-refractivity contribution is 5.97. The van der Waals surface area contributed by atoms with Crippen LogP contribution in [0.2, 0.25) is 0 Å². The maximum absolute atomic E-state index is 15.1. The van der Waals surface area contributed by atoms with Gasteiger partial charge < -0.3 is 14.6 Å². The third-order valence-corrected chi connectivity index (χ3v) is 7.46. The average Bonchev–Trinajstić information content (AvgIpc) is 2.96. The number of aromatic carboxylic acids is 1. The molecule has 0 spiro atoms. The number of esters is 2. The summed E-state index contributed by atoms with van der Waals surface area (Å²) < 4.78 is 26.0. The molecule has 2 aromatic carbocycles. The van der Waals surface area contributed by atoms with Gasteiger partial charge in [0.15, 0.2) is 0 Å². The number of rotatable bonds is 21. The Balaban J connectivity index is 1.98. The maximum atomic E-state index is 15.1. The summed E-state index contributed by atoms with van der Waals surface area (Å²) >= 11 is 0. The van der Waals surface area contributed by atoms with E-state index in [1.807, 2.05) is 0 Å². The van der Waals surface area contributed by atoms with E-state index < -0.39 is 23.7 Å². The van der Waals surface area contributed by atoms with Gasteiger partial charge in [-0.25, -0.2) is 14.0 Å². The van der Waals surface area contributed by atoms with Crippen molar-refractivity contribution in [2.24, 2.45) is 0 Å². The zero-order valence-corrected chi connectivity index (χ0v) is 25.7. The molecule has 0 amide bonds. The molecule has 0 bridgehead atoms. The van der Waals surface area contributed by atoms with Crippen LogP contribution in [0.4, 0.5) is 4.39 Å². The van der Waals surface area contributed by atoms with Gasteiger partial charge in [-0.05, 0) is 67.6 Å². The predicted octanol–water partition coefficient (Wildman–Crippen LogP) is 9.92. The quantitative estimate of drug-likeness (QED) is 0.0892. The van der Waals surface area contributed by atoms with Crippen LogP contribution in [0.25, 0.3) is 11.1 Å². The molecule has 0 unspecified atom stereocenters. The number of carbonyl (C=O) groups is 3. The number of hydrogen-bond donors (Lipinski definition) is 1. The second kappa shape index (κ2) is 19.8. The molecule has 0 saturated heterocycles. The van der Waals surface area contributed by atoms with Gasteiger partial charge in [0.05, 0.1) is 17.2 Å². The molecule has 0 radical (unpaired) electrons. The summed E-state index contributed by atoms with van der Waals surface area (Å²) in [5.41, 5.74) is 0.163. The first kappa shape index (κ1) is 35.0. The van der Waals surface area contributed by atoms with E-state index in [-0.39, 0.29) is 40.5 Å². The molecule has 232 valence electrons. The highest BCUT2D eigenvalue weighted by Crippen LogP contribution is 2.30. The third kappa shape index (κ3) is 12.7. The molecule has 2 rings (SSSR count). The molecule has 1 N–H and O–H groups in total. The van der Waals surface area contributed by atoms with Crippen LogP contribution < -0.4 is 4.74 Å². The van der Waals surface area contributed by atoms with Crippen LogP contribution in [0.15, 0.2) is 36.4 Å². The number of halogens is 1. The Morgan fingerprint density at radius 1 is 0.762 bits per heavy atom. The van der Waals surface area contributed by atoms with Crippen LogP contribution in [0, 0.1) is 5.82 Å². The van der Waals surface area contributed by atoms with Gasteiger partial charge in [0.25, 0.3) is 0 Å². The lowest BCUT2D eigenvalue weighted by molar-refractivity contribution is -0.134. The summed E-state index contributed by atoms with van der Waals surface area (Å²) in [6.45, 7) is 6.16. The van der Waals surface area contributed by atoms with Crippen molar-refractivity contribution in [3.05, 3.63) is 53.3 Å². The van der Waals surface area contributed by atoms with Crippen molar-refractivity contribution in [1.82, 2.24) is 0 Å². The fourth-order valence-electron chi connectivity index (χ4n) is 4.96. The normalized spacial score (nSPS) is 11.7.